The Morgan fingerprint density at radius 3 is 2.70 bits per heavy atom. The lowest BCUT2D eigenvalue weighted by Crippen LogP contribution is -2.41. The molecule has 4 rings (SSSR count). The van der Waals surface area contributed by atoms with Crippen molar-refractivity contribution < 1.29 is 38.4 Å². The fraction of sp³-hybridized carbons (Fsp3) is 0.583. The van der Waals surface area contributed by atoms with Gasteiger partial charge < -0.3 is 28.8 Å². The number of ether oxygens (including phenoxy) is 5. The second-order valence-electron chi connectivity index (χ2n) is 8.49. The van der Waals surface area contributed by atoms with Gasteiger partial charge in [0.15, 0.2) is 23.7 Å². The first-order valence-electron chi connectivity index (χ1n) is 11.3. The van der Waals surface area contributed by atoms with Crippen LogP contribution in [0, 0.1) is 0 Å². The van der Waals surface area contributed by atoms with Crippen LogP contribution >= 0.6 is 0 Å². The van der Waals surface area contributed by atoms with Crippen LogP contribution in [-0.4, -0.2) is 74.3 Å². The zero-order valence-electron chi connectivity index (χ0n) is 19.2. The second-order valence-corrected chi connectivity index (χ2v) is 8.49. The third-order valence-electron chi connectivity index (χ3n) is 6.53. The molecule has 1 aromatic carbocycles. The molecular weight excluding hydrogens is 430 g/mol. The zero-order chi connectivity index (χ0) is 23.5. The van der Waals surface area contributed by atoms with Gasteiger partial charge in [0, 0.05) is 18.5 Å². The van der Waals surface area contributed by atoms with E-state index in [9.17, 15) is 14.7 Å². The van der Waals surface area contributed by atoms with Crippen LogP contribution in [0.5, 0.6) is 11.5 Å². The first kappa shape index (κ1) is 23.4. The Hall–Kier alpha value is -2.78. The Labute approximate surface area is 193 Å². The highest BCUT2D eigenvalue weighted by Crippen LogP contribution is 2.46. The summed E-state index contributed by atoms with van der Waals surface area (Å²) in [7, 11) is 2.74. The number of esters is 2. The van der Waals surface area contributed by atoms with Gasteiger partial charge in [-0.05, 0) is 48.7 Å². The highest BCUT2D eigenvalue weighted by molar-refractivity contribution is 5.81. The molecule has 1 aromatic rings. The summed E-state index contributed by atoms with van der Waals surface area (Å²) in [5, 5.41) is 10.2. The van der Waals surface area contributed by atoms with Crippen molar-refractivity contribution in [3.8, 4) is 11.5 Å². The number of hydrogen-bond donors (Lipinski definition) is 1. The van der Waals surface area contributed by atoms with E-state index in [1.807, 2.05) is 18.2 Å². The van der Waals surface area contributed by atoms with Crippen molar-refractivity contribution in [1.82, 2.24) is 4.90 Å². The van der Waals surface area contributed by atoms with Crippen LogP contribution in [-0.2, 0) is 30.2 Å². The molecule has 0 saturated carbocycles. The SMILES string of the molecule is CCCCN1CCc2cc3c(cc2[C@@H]2[C@H](OC(=O)[C@H](O)CC(=O)OC)C(OC)=C[C@@H]21)OCO3. The highest BCUT2D eigenvalue weighted by Gasteiger charge is 2.47. The summed E-state index contributed by atoms with van der Waals surface area (Å²) in [6.07, 6.45) is 2.10. The van der Waals surface area contributed by atoms with Gasteiger partial charge in [-0.1, -0.05) is 13.3 Å². The molecule has 9 nitrogen and oxygen atoms in total. The third kappa shape index (κ3) is 4.65. The van der Waals surface area contributed by atoms with Gasteiger partial charge >= 0.3 is 11.9 Å². The van der Waals surface area contributed by atoms with Crippen LogP contribution in [0.4, 0.5) is 0 Å². The molecule has 1 N–H and O–H groups in total. The van der Waals surface area contributed by atoms with Crippen molar-refractivity contribution in [1.29, 1.82) is 0 Å². The fourth-order valence-corrected chi connectivity index (χ4v) is 4.81. The average molecular weight is 462 g/mol. The lowest BCUT2D eigenvalue weighted by molar-refractivity contribution is -0.164. The summed E-state index contributed by atoms with van der Waals surface area (Å²) in [6, 6.07) is 3.92. The van der Waals surface area contributed by atoms with Crippen LogP contribution < -0.4 is 9.47 Å². The number of aliphatic hydroxyl groups excluding tert-OH is 1. The topological polar surface area (TPSA) is 104 Å². The molecule has 2 heterocycles. The van der Waals surface area contributed by atoms with E-state index in [1.165, 1.54) is 7.11 Å². The second kappa shape index (κ2) is 10.0. The monoisotopic (exact) mass is 461 g/mol. The van der Waals surface area contributed by atoms with Crippen LogP contribution in [0.1, 0.15) is 43.2 Å². The molecule has 4 atom stereocenters. The molecule has 0 aromatic heterocycles. The third-order valence-corrected chi connectivity index (χ3v) is 6.53. The van der Waals surface area contributed by atoms with E-state index in [2.05, 4.69) is 16.6 Å². The van der Waals surface area contributed by atoms with Crippen LogP contribution in [0.15, 0.2) is 24.0 Å². The number of methoxy groups -OCH3 is 2. The van der Waals surface area contributed by atoms with E-state index >= 15 is 0 Å². The standard InChI is InChI=1S/C24H31NO8/c1-4-5-7-25-8-6-14-9-18-19(32-13-31-18)10-15(14)22-16(25)11-20(29-2)23(22)33-24(28)17(26)12-21(27)30-3/h9-11,16-17,22-23,26H,4-8,12-13H2,1-3H3/t16-,17+,22-,23+/m0/s1. The van der Waals surface area contributed by atoms with Gasteiger partial charge in [-0.2, -0.15) is 0 Å². The number of nitrogens with zero attached hydrogens (tertiary/aromatic N) is 1. The van der Waals surface area contributed by atoms with Gasteiger partial charge in [0.1, 0.15) is 5.76 Å². The van der Waals surface area contributed by atoms with Gasteiger partial charge in [-0.25, -0.2) is 4.79 Å². The van der Waals surface area contributed by atoms with Crippen LogP contribution in [0.2, 0.25) is 0 Å². The quantitative estimate of drug-likeness (QED) is 0.581. The summed E-state index contributed by atoms with van der Waals surface area (Å²) >= 11 is 0. The van der Waals surface area contributed by atoms with E-state index in [-0.39, 0.29) is 18.8 Å². The molecule has 2 aliphatic heterocycles. The van der Waals surface area contributed by atoms with E-state index in [1.54, 1.807) is 7.11 Å². The summed E-state index contributed by atoms with van der Waals surface area (Å²) < 4.78 is 27.2. The van der Waals surface area contributed by atoms with Gasteiger partial charge in [-0.15, -0.1) is 0 Å². The van der Waals surface area contributed by atoms with Crippen LogP contribution in [0.25, 0.3) is 0 Å². The molecule has 3 aliphatic rings. The van der Waals surface area contributed by atoms with Crippen molar-refractivity contribution in [2.24, 2.45) is 0 Å². The predicted octanol–water partition coefficient (Wildman–Crippen LogP) is 1.91. The molecule has 0 bridgehead atoms. The number of hydrogen-bond acceptors (Lipinski definition) is 9. The molecule has 180 valence electrons. The lowest BCUT2D eigenvalue weighted by Gasteiger charge is -2.32. The fourth-order valence-electron chi connectivity index (χ4n) is 4.81. The minimum absolute atomic E-state index is 0.0522. The van der Waals surface area contributed by atoms with Crippen molar-refractivity contribution in [3.63, 3.8) is 0 Å². The largest absolute Gasteiger partial charge is 0.497 e. The zero-order valence-corrected chi connectivity index (χ0v) is 19.2. The summed E-state index contributed by atoms with van der Waals surface area (Å²) in [5.41, 5.74) is 2.11. The molecule has 9 heteroatoms. The Morgan fingerprint density at radius 1 is 1.24 bits per heavy atom. The smallest absolute Gasteiger partial charge is 0.336 e. The van der Waals surface area contributed by atoms with Crippen molar-refractivity contribution >= 4 is 11.9 Å². The molecule has 33 heavy (non-hydrogen) atoms. The number of unbranched alkanes of at least 4 members (excludes halogenated alkanes) is 1. The van der Waals surface area contributed by atoms with E-state index < -0.39 is 30.6 Å². The molecule has 0 amide bonds. The Morgan fingerprint density at radius 2 is 2.00 bits per heavy atom. The maximum atomic E-state index is 12.7. The number of fused-ring (bicyclic) bond motifs is 4. The first-order chi connectivity index (χ1) is 16.0. The van der Waals surface area contributed by atoms with E-state index in [0.717, 1.165) is 43.5 Å². The minimum atomic E-state index is -1.62. The van der Waals surface area contributed by atoms with Crippen molar-refractivity contribution in [3.05, 3.63) is 35.1 Å². The van der Waals surface area contributed by atoms with Gasteiger partial charge in [-0.3, -0.25) is 9.69 Å². The number of aliphatic hydroxyl groups is 1. The Balaban J connectivity index is 1.68. The normalized spacial score (nSPS) is 24.2. The molecule has 0 unspecified atom stereocenters. The summed E-state index contributed by atoms with van der Waals surface area (Å²) in [5.74, 6) is 0.0716. The van der Waals surface area contributed by atoms with E-state index in [0.29, 0.717) is 17.3 Å². The number of carbonyl (C=O) groups excluding carboxylic acids is 2. The summed E-state index contributed by atoms with van der Waals surface area (Å²) in [4.78, 5) is 26.6. The molecule has 0 spiro atoms. The predicted molar refractivity (Wildman–Crippen MR) is 117 cm³/mol. The van der Waals surface area contributed by atoms with Crippen LogP contribution in [0.3, 0.4) is 0 Å². The van der Waals surface area contributed by atoms with E-state index in [4.69, 9.17) is 18.9 Å². The van der Waals surface area contributed by atoms with Gasteiger partial charge in [0.05, 0.1) is 20.6 Å². The Kier molecular flexibility index (Phi) is 7.09. The number of carbonyl (C=O) groups is 2. The highest BCUT2D eigenvalue weighted by atomic mass is 16.7. The Bertz CT molecular complexity index is 929. The molecule has 0 fully saturated rings. The average Bonchev–Trinajstić information content (AvgIpc) is 3.38. The van der Waals surface area contributed by atoms with Crippen molar-refractivity contribution in [2.75, 3.05) is 34.1 Å². The molecular formula is C24H31NO8. The first-order valence-corrected chi connectivity index (χ1v) is 11.3. The van der Waals surface area contributed by atoms with Gasteiger partial charge in [0.25, 0.3) is 0 Å². The molecule has 0 radical (unpaired) electrons. The molecule has 1 aliphatic carbocycles. The summed E-state index contributed by atoms with van der Waals surface area (Å²) in [6.45, 7) is 4.07. The molecule has 0 saturated heterocycles. The number of rotatable bonds is 8. The maximum Gasteiger partial charge on any atom is 0.336 e. The minimum Gasteiger partial charge on any atom is -0.497 e. The van der Waals surface area contributed by atoms with Gasteiger partial charge in [0.2, 0.25) is 6.79 Å². The number of benzene rings is 1. The lowest BCUT2D eigenvalue weighted by atomic mass is 9.87. The van der Waals surface area contributed by atoms with Crippen molar-refractivity contribution in [2.45, 2.75) is 56.8 Å². The maximum absolute atomic E-state index is 12.7.